The summed E-state index contributed by atoms with van der Waals surface area (Å²) in [6.45, 7) is 3.34. The predicted molar refractivity (Wildman–Crippen MR) is 127 cm³/mol. The van der Waals surface area contributed by atoms with Crippen molar-refractivity contribution >= 4 is 15.9 Å². The Labute approximate surface area is 195 Å². The van der Waals surface area contributed by atoms with E-state index in [0.717, 1.165) is 28.2 Å². The van der Waals surface area contributed by atoms with Crippen molar-refractivity contribution in [1.82, 2.24) is 4.31 Å². The summed E-state index contributed by atoms with van der Waals surface area (Å²) in [5, 5.41) is 9.55. The number of benzene rings is 2. The highest BCUT2D eigenvalue weighted by atomic mass is 32.2. The summed E-state index contributed by atoms with van der Waals surface area (Å²) in [7, 11) is -2.44. The van der Waals surface area contributed by atoms with Gasteiger partial charge in [-0.15, -0.1) is 0 Å². The number of aliphatic hydroxyl groups excluding tert-OH is 1. The maximum atomic E-state index is 12.9. The van der Waals surface area contributed by atoms with E-state index in [2.05, 4.69) is 0 Å². The highest BCUT2D eigenvalue weighted by Crippen LogP contribution is 2.38. The van der Waals surface area contributed by atoms with Gasteiger partial charge in [-0.1, -0.05) is 24.3 Å². The summed E-state index contributed by atoms with van der Waals surface area (Å²) >= 11 is 0. The van der Waals surface area contributed by atoms with E-state index in [1.54, 1.807) is 7.11 Å². The standard InChI is InChI=1S/C24H32N2O6S/c1-4-32-20-7-5-6-19(14-20)21-9-8-18(15-22(21)31-3)17-10-12-26(13-11-17)33(29,30)24(2,16-27)23(25)28/h5-9,14-15,17,27H,4,10-13,16H2,1-3H3,(H2,25,28). The molecule has 1 atom stereocenters. The zero-order valence-corrected chi connectivity index (χ0v) is 20.1. The number of piperidine rings is 1. The first-order valence-corrected chi connectivity index (χ1v) is 12.4. The number of rotatable bonds is 9. The number of primary amides is 1. The molecule has 8 nitrogen and oxygen atoms in total. The number of carbonyl (C=O) groups excluding carboxylic acids is 1. The van der Waals surface area contributed by atoms with E-state index in [4.69, 9.17) is 15.2 Å². The number of hydrogen-bond donors (Lipinski definition) is 2. The lowest BCUT2D eigenvalue weighted by molar-refractivity contribution is -0.121. The molecular weight excluding hydrogens is 444 g/mol. The van der Waals surface area contributed by atoms with Crippen LogP contribution >= 0.6 is 0 Å². The summed E-state index contributed by atoms with van der Waals surface area (Å²) in [5.41, 5.74) is 8.28. The molecule has 3 rings (SSSR count). The highest BCUT2D eigenvalue weighted by Gasteiger charge is 2.48. The second-order valence-electron chi connectivity index (χ2n) is 8.35. The van der Waals surface area contributed by atoms with Gasteiger partial charge in [0, 0.05) is 18.7 Å². The average Bonchev–Trinajstić information content (AvgIpc) is 2.83. The molecular formula is C24H32N2O6S. The van der Waals surface area contributed by atoms with Crippen molar-refractivity contribution in [2.75, 3.05) is 33.4 Å². The second kappa shape index (κ2) is 10.1. The number of sulfonamides is 1. The maximum Gasteiger partial charge on any atom is 0.242 e. The van der Waals surface area contributed by atoms with Crippen LogP contribution in [0.1, 0.15) is 38.2 Å². The minimum Gasteiger partial charge on any atom is -0.496 e. The number of methoxy groups -OCH3 is 1. The lowest BCUT2D eigenvalue weighted by Crippen LogP contribution is -2.57. The molecule has 2 aromatic rings. The van der Waals surface area contributed by atoms with Crippen LogP contribution in [0.2, 0.25) is 0 Å². The van der Waals surface area contributed by atoms with Crippen LogP contribution in [0.25, 0.3) is 11.1 Å². The van der Waals surface area contributed by atoms with Crippen molar-refractivity contribution in [1.29, 1.82) is 0 Å². The molecule has 1 heterocycles. The molecule has 3 N–H and O–H groups in total. The normalized spacial score (nSPS) is 17.3. The molecule has 1 amide bonds. The van der Waals surface area contributed by atoms with E-state index in [1.165, 1.54) is 11.2 Å². The van der Waals surface area contributed by atoms with Gasteiger partial charge < -0.3 is 20.3 Å². The molecule has 0 saturated carbocycles. The fraction of sp³-hybridized carbons (Fsp3) is 0.458. The molecule has 0 bridgehead atoms. The molecule has 1 unspecified atom stereocenters. The van der Waals surface area contributed by atoms with E-state index < -0.39 is 27.3 Å². The number of hydrogen-bond acceptors (Lipinski definition) is 6. The predicted octanol–water partition coefficient (Wildman–Crippen LogP) is 2.51. The van der Waals surface area contributed by atoms with Crippen molar-refractivity contribution in [2.24, 2.45) is 5.73 Å². The molecule has 0 aromatic heterocycles. The summed E-state index contributed by atoms with van der Waals surface area (Å²) < 4.78 is 36.4. The van der Waals surface area contributed by atoms with Crippen molar-refractivity contribution < 1.29 is 27.8 Å². The fourth-order valence-corrected chi connectivity index (χ4v) is 5.80. The summed E-state index contributed by atoms with van der Waals surface area (Å²) in [6.07, 6.45) is 1.17. The maximum absolute atomic E-state index is 12.9. The third kappa shape index (κ3) is 4.85. The van der Waals surface area contributed by atoms with E-state index in [-0.39, 0.29) is 19.0 Å². The topological polar surface area (TPSA) is 119 Å². The van der Waals surface area contributed by atoms with Crippen molar-refractivity contribution in [3.05, 3.63) is 48.0 Å². The number of aliphatic hydroxyl groups is 1. The van der Waals surface area contributed by atoms with Crippen LogP contribution in [-0.4, -0.2) is 61.9 Å². The number of carbonyl (C=O) groups is 1. The van der Waals surface area contributed by atoms with Gasteiger partial charge in [-0.3, -0.25) is 4.79 Å². The Morgan fingerprint density at radius 3 is 2.48 bits per heavy atom. The summed E-state index contributed by atoms with van der Waals surface area (Å²) in [4.78, 5) is 11.7. The average molecular weight is 477 g/mol. The van der Waals surface area contributed by atoms with Gasteiger partial charge in [0.1, 0.15) is 11.5 Å². The minimum absolute atomic E-state index is 0.142. The SMILES string of the molecule is CCOc1cccc(-c2ccc(C3CCN(S(=O)(=O)C(C)(CO)C(N)=O)CC3)cc2OC)c1. The van der Waals surface area contributed by atoms with Crippen LogP contribution in [0, 0.1) is 0 Å². The summed E-state index contributed by atoms with van der Waals surface area (Å²) in [6, 6.07) is 13.9. The number of nitrogens with zero attached hydrogens (tertiary/aromatic N) is 1. The van der Waals surface area contributed by atoms with Gasteiger partial charge >= 0.3 is 0 Å². The highest BCUT2D eigenvalue weighted by molar-refractivity contribution is 7.91. The molecule has 1 saturated heterocycles. The lowest BCUT2D eigenvalue weighted by Gasteiger charge is -2.36. The first kappa shape index (κ1) is 25.0. The van der Waals surface area contributed by atoms with Crippen LogP contribution in [0.15, 0.2) is 42.5 Å². The molecule has 33 heavy (non-hydrogen) atoms. The molecule has 1 fully saturated rings. The van der Waals surface area contributed by atoms with Crippen LogP contribution in [0.4, 0.5) is 0 Å². The van der Waals surface area contributed by atoms with Crippen LogP contribution in [-0.2, 0) is 14.8 Å². The Kier molecular flexibility index (Phi) is 7.66. The third-order valence-electron chi connectivity index (χ3n) is 6.34. The third-order valence-corrected chi connectivity index (χ3v) is 8.85. The number of ether oxygens (including phenoxy) is 2. The zero-order chi connectivity index (χ0) is 24.2. The van der Waals surface area contributed by atoms with Crippen LogP contribution < -0.4 is 15.2 Å². The van der Waals surface area contributed by atoms with Crippen LogP contribution in [0.5, 0.6) is 11.5 Å². The monoisotopic (exact) mass is 476 g/mol. The number of amides is 1. The van der Waals surface area contributed by atoms with Crippen LogP contribution in [0.3, 0.4) is 0 Å². The first-order valence-electron chi connectivity index (χ1n) is 11.0. The van der Waals surface area contributed by atoms with Gasteiger partial charge in [-0.2, -0.15) is 0 Å². The molecule has 1 aliphatic heterocycles. The Morgan fingerprint density at radius 1 is 1.21 bits per heavy atom. The van der Waals surface area contributed by atoms with Gasteiger partial charge in [0.15, 0.2) is 4.75 Å². The Morgan fingerprint density at radius 2 is 1.91 bits per heavy atom. The van der Waals surface area contributed by atoms with Crippen molar-refractivity contribution in [3.8, 4) is 22.6 Å². The van der Waals surface area contributed by atoms with E-state index in [0.29, 0.717) is 19.4 Å². The Bertz CT molecular complexity index is 1100. The van der Waals surface area contributed by atoms with E-state index >= 15 is 0 Å². The lowest BCUT2D eigenvalue weighted by atomic mass is 9.89. The molecule has 9 heteroatoms. The minimum atomic E-state index is -4.07. The van der Waals surface area contributed by atoms with Gasteiger partial charge in [-0.25, -0.2) is 12.7 Å². The van der Waals surface area contributed by atoms with Gasteiger partial charge in [0.2, 0.25) is 15.9 Å². The van der Waals surface area contributed by atoms with Crippen molar-refractivity contribution in [3.63, 3.8) is 0 Å². The molecule has 1 aliphatic rings. The van der Waals surface area contributed by atoms with Crippen molar-refractivity contribution in [2.45, 2.75) is 37.4 Å². The van der Waals surface area contributed by atoms with Gasteiger partial charge in [0.05, 0.1) is 20.3 Å². The Hall–Kier alpha value is -2.62. The van der Waals surface area contributed by atoms with E-state index in [9.17, 15) is 18.3 Å². The molecule has 2 aromatic carbocycles. The fourth-order valence-electron chi connectivity index (χ4n) is 4.12. The summed E-state index contributed by atoms with van der Waals surface area (Å²) in [5.74, 6) is 0.613. The largest absolute Gasteiger partial charge is 0.496 e. The van der Waals surface area contributed by atoms with E-state index in [1.807, 2.05) is 49.4 Å². The first-order chi connectivity index (χ1) is 15.7. The molecule has 180 valence electrons. The molecule has 0 spiro atoms. The van der Waals surface area contributed by atoms with Gasteiger partial charge in [0.25, 0.3) is 0 Å². The van der Waals surface area contributed by atoms with Gasteiger partial charge in [-0.05, 0) is 61.9 Å². The quantitative estimate of drug-likeness (QED) is 0.574. The smallest absolute Gasteiger partial charge is 0.242 e. The molecule has 0 aliphatic carbocycles. The zero-order valence-electron chi connectivity index (χ0n) is 19.3. The second-order valence-corrected chi connectivity index (χ2v) is 10.7. The Balaban J connectivity index is 1.79. The molecule has 0 radical (unpaired) electrons. The number of nitrogens with two attached hydrogens (primary N) is 1.